The Morgan fingerprint density at radius 3 is 1.79 bits per heavy atom. The zero-order valence-electron chi connectivity index (χ0n) is 14.7. The van der Waals surface area contributed by atoms with Gasteiger partial charge in [-0.2, -0.15) is 8.78 Å². The summed E-state index contributed by atoms with van der Waals surface area (Å²) < 4.78 is 54.5. The maximum atomic E-state index is 12.7. The normalized spacial score (nSPS) is 9.82. The predicted octanol–water partition coefficient (Wildman–Crippen LogP) is 6.57. The molecular formula is C22H15F4IO. The minimum absolute atomic E-state index is 0.132. The maximum Gasteiger partial charge on any atom is 0.387 e. The van der Waals surface area contributed by atoms with Crippen molar-refractivity contribution in [2.24, 2.45) is 0 Å². The Hall–Kier alpha value is -2.53. The first-order valence-corrected chi connectivity index (χ1v) is 9.15. The van der Waals surface area contributed by atoms with Gasteiger partial charge >= 0.3 is 6.61 Å². The molecule has 0 saturated carbocycles. The number of halogens is 5. The Bertz CT molecular complexity index is 938. The highest BCUT2D eigenvalue weighted by Gasteiger charge is 2.06. The van der Waals surface area contributed by atoms with Gasteiger partial charge in [-0.3, -0.25) is 0 Å². The number of hydrogen-bond donors (Lipinski definition) is 0. The third-order valence-corrected chi connectivity index (χ3v) is 4.11. The molecule has 3 rings (SSSR count). The monoisotopic (exact) mass is 498 g/mol. The lowest BCUT2D eigenvalue weighted by Gasteiger charge is -2.07. The summed E-state index contributed by atoms with van der Waals surface area (Å²) >= 11 is 2.13. The highest BCUT2D eigenvalue weighted by atomic mass is 127. The summed E-state index contributed by atoms with van der Waals surface area (Å²) in [7, 11) is 0. The van der Waals surface area contributed by atoms with Crippen molar-refractivity contribution < 1.29 is 22.3 Å². The first kappa shape index (κ1) is 21.8. The second-order valence-corrected chi connectivity index (χ2v) is 6.80. The molecule has 0 aromatic heterocycles. The van der Waals surface area contributed by atoms with Gasteiger partial charge in [0.15, 0.2) is 0 Å². The van der Waals surface area contributed by atoms with E-state index < -0.39 is 6.61 Å². The van der Waals surface area contributed by atoms with Crippen LogP contribution < -0.4 is 4.74 Å². The van der Waals surface area contributed by atoms with Crippen molar-refractivity contribution in [1.29, 1.82) is 0 Å². The quantitative estimate of drug-likeness (QED) is 0.221. The SMILES string of the molecule is Cc1cc(C#Cc2ccc(F)cc2)ccc1OC(F)F.Fc1ccc(I)cc1. The number of aryl methyl sites for hydroxylation is 1. The molecule has 0 aliphatic heterocycles. The lowest BCUT2D eigenvalue weighted by atomic mass is 10.1. The summed E-state index contributed by atoms with van der Waals surface area (Å²) in [5.41, 5.74) is 1.93. The topological polar surface area (TPSA) is 9.23 Å². The average Bonchev–Trinajstić information content (AvgIpc) is 2.66. The molecule has 1 nitrogen and oxygen atoms in total. The van der Waals surface area contributed by atoms with Gasteiger partial charge in [0, 0.05) is 14.7 Å². The van der Waals surface area contributed by atoms with Gasteiger partial charge in [0.05, 0.1) is 0 Å². The fraction of sp³-hybridized carbons (Fsp3) is 0.0909. The first-order chi connectivity index (χ1) is 13.3. The molecule has 0 aliphatic carbocycles. The summed E-state index contributed by atoms with van der Waals surface area (Å²) in [4.78, 5) is 0. The van der Waals surface area contributed by atoms with Crippen LogP contribution in [0.5, 0.6) is 5.75 Å². The van der Waals surface area contributed by atoms with E-state index in [0.29, 0.717) is 16.7 Å². The van der Waals surface area contributed by atoms with Gasteiger partial charge in [-0.15, -0.1) is 0 Å². The molecule has 0 saturated heterocycles. The lowest BCUT2D eigenvalue weighted by molar-refractivity contribution is -0.0502. The minimum Gasteiger partial charge on any atom is -0.435 e. The average molecular weight is 498 g/mol. The van der Waals surface area contributed by atoms with Crippen molar-refractivity contribution in [2.45, 2.75) is 13.5 Å². The molecule has 144 valence electrons. The molecule has 28 heavy (non-hydrogen) atoms. The molecular weight excluding hydrogens is 483 g/mol. The Morgan fingerprint density at radius 2 is 1.29 bits per heavy atom. The molecule has 0 spiro atoms. The van der Waals surface area contributed by atoms with Gasteiger partial charge in [0.1, 0.15) is 17.4 Å². The second-order valence-electron chi connectivity index (χ2n) is 5.55. The van der Waals surface area contributed by atoms with Crippen LogP contribution >= 0.6 is 22.6 Å². The molecule has 6 heteroatoms. The van der Waals surface area contributed by atoms with Crippen LogP contribution in [0.1, 0.15) is 16.7 Å². The molecule has 0 bridgehead atoms. The van der Waals surface area contributed by atoms with Crippen LogP contribution in [0.2, 0.25) is 0 Å². The summed E-state index contributed by atoms with van der Waals surface area (Å²) in [5, 5.41) is 0. The molecule has 0 amide bonds. The van der Waals surface area contributed by atoms with Crippen LogP contribution in [0.3, 0.4) is 0 Å². The van der Waals surface area contributed by atoms with Crippen molar-refractivity contribution in [3.63, 3.8) is 0 Å². The number of ether oxygens (including phenoxy) is 1. The fourth-order valence-electron chi connectivity index (χ4n) is 2.06. The fourth-order valence-corrected chi connectivity index (χ4v) is 2.42. The Labute approximate surface area is 174 Å². The number of hydrogen-bond acceptors (Lipinski definition) is 1. The Balaban J connectivity index is 0.000000292. The maximum absolute atomic E-state index is 12.7. The second kappa shape index (κ2) is 10.7. The minimum atomic E-state index is -2.84. The number of alkyl halides is 2. The van der Waals surface area contributed by atoms with Crippen LogP contribution in [0.25, 0.3) is 0 Å². The molecule has 0 heterocycles. The van der Waals surface area contributed by atoms with Gasteiger partial charge in [-0.25, -0.2) is 8.78 Å². The predicted molar refractivity (Wildman–Crippen MR) is 109 cm³/mol. The van der Waals surface area contributed by atoms with Crippen LogP contribution in [0.4, 0.5) is 17.6 Å². The number of benzene rings is 3. The van der Waals surface area contributed by atoms with E-state index in [9.17, 15) is 17.6 Å². The third kappa shape index (κ3) is 7.61. The van der Waals surface area contributed by atoms with Crippen molar-refractivity contribution in [1.82, 2.24) is 0 Å². The van der Waals surface area contributed by atoms with Crippen molar-refractivity contribution in [2.75, 3.05) is 0 Å². The van der Waals surface area contributed by atoms with Gasteiger partial charge in [0.2, 0.25) is 0 Å². The van der Waals surface area contributed by atoms with Gasteiger partial charge in [-0.1, -0.05) is 11.8 Å². The van der Waals surface area contributed by atoms with E-state index >= 15 is 0 Å². The van der Waals surface area contributed by atoms with E-state index in [4.69, 9.17) is 0 Å². The number of rotatable bonds is 2. The standard InChI is InChI=1S/C16H11F3O.C6H4FI/c1-11-10-13(6-9-15(11)20-16(18)19)3-2-12-4-7-14(17)8-5-12;7-5-1-3-6(8)4-2-5/h4-10,16H,1H3;1-4H. The summed E-state index contributed by atoms with van der Waals surface area (Å²) in [5.74, 6) is 5.39. The van der Waals surface area contributed by atoms with Crippen LogP contribution in [-0.2, 0) is 0 Å². The van der Waals surface area contributed by atoms with E-state index in [2.05, 4.69) is 39.2 Å². The molecule has 3 aromatic carbocycles. The smallest absolute Gasteiger partial charge is 0.387 e. The zero-order valence-corrected chi connectivity index (χ0v) is 16.9. The van der Waals surface area contributed by atoms with Crippen molar-refractivity contribution in [3.8, 4) is 17.6 Å². The Morgan fingerprint density at radius 1 is 0.786 bits per heavy atom. The van der Waals surface area contributed by atoms with Gasteiger partial charge < -0.3 is 4.74 Å². The summed E-state index contributed by atoms with van der Waals surface area (Å²) in [6.45, 7) is -1.18. The first-order valence-electron chi connectivity index (χ1n) is 8.07. The highest BCUT2D eigenvalue weighted by molar-refractivity contribution is 14.1. The summed E-state index contributed by atoms with van der Waals surface area (Å²) in [6.07, 6.45) is 0. The molecule has 0 unspecified atom stereocenters. The highest BCUT2D eigenvalue weighted by Crippen LogP contribution is 2.20. The molecule has 0 fully saturated rings. The summed E-state index contributed by atoms with van der Waals surface area (Å²) in [6, 6.07) is 16.9. The van der Waals surface area contributed by atoms with Crippen LogP contribution in [-0.4, -0.2) is 6.61 Å². The molecule has 3 aromatic rings. The van der Waals surface area contributed by atoms with E-state index in [1.165, 1.54) is 30.3 Å². The van der Waals surface area contributed by atoms with Gasteiger partial charge in [-0.05, 0) is 102 Å². The molecule has 0 N–H and O–H groups in total. The lowest BCUT2D eigenvalue weighted by Crippen LogP contribution is -2.03. The van der Waals surface area contributed by atoms with Crippen molar-refractivity contribution >= 4 is 22.6 Å². The molecule has 0 atom stereocenters. The van der Waals surface area contributed by atoms with E-state index in [-0.39, 0.29) is 17.4 Å². The molecule has 0 radical (unpaired) electrons. The van der Waals surface area contributed by atoms with Crippen molar-refractivity contribution in [3.05, 3.63) is 98.6 Å². The zero-order chi connectivity index (χ0) is 20.5. The van der Waals surface area contributed by atoms with E-state index in [1.54, 1.807) is 43.3 Å². The van der Waals surface area contributed by atoms with E-state index in [0.717, 1.165) is 3.57 Å². The van der Waals surface area contributed by atoms with Gasteiger partial charge in [0.25, 0.3) is 0 Å². The van der Waals surface area contributed by atoms with E-state index in [1.807, 2.05) is 0 Å². The Kier molecular flexibility index (Phi) is 8.33. The largest absolute Gasteiger partial charge is 0.435 e. The third-order valence-electron chi connectivity index (χ3n) is 3.39. The van der Waals surface area contributed by atoms with Crippen LogP contribution in [0, 0.1) is 34.0 Å². The van der Waals surface area contributed by atoms with Crippen LogP contribution in [0.15, 0.2) is 66.7 Å². The molecule has 0 aliphatic rings.